The van der Waals surface area contributed by atoms with E-state index in [9.17, 15) is 24.9 Å². The highest BCUT2D eigenvalue weighted by Gasteiger charge is 2.67. The predicted octanol–water partition coefficient (Wildman–Crippen LogP) is 5.20. The Bertz CT molecular complexity index is 932. The Morgan fingerprint density at radius 1 is 1.05 bits per heavy atom. The molecule has 4 rings (SSSR count). The van der Waals surface area contributed by atoms with Crippen LogP contribution in [0.4, 0.5) is 0 Å². The Morgan fingerprint density at radius 3 is 2.33 bits per heavy atom. The van der Waals surface area contributed by atoms with E-state index in [-0.39, 0.29) is 58.7 Å². The van der Waals surface area contributed by atoms with Crippen molar-refractivity contribution in [2.24, 2.45) is 46.3 Å². The second-order valence-corrected chi connectivity index (χ2v) is 15.5. The average Bonchev–Trinajstić information content (AvgIpc) is 3.16. The van der Waals surface area contributed by atoms with Crippen LogP contribution < -0.4 is 0 Å². The maximum Gasteiger partial charge on any atom is 0.339 e. The lowest BCUT2D eigenvalue weighted by atomic mass is 9.42. The first kappa shape index (κ1) is 31.1. The van der Waals surface area contributed by atoms with Crippen molar-refractivity contribution in [1.29, 1.82) is 0 Å². The van der Waals surface area contributed by atoms with Gasteiger partial charge in [-0.2, -0.15) is 0 Å². The fourth-order valence-electron chi connectivity index (χ4n) is 9.53. The monoisotopic (exact) mass is 570 g/mol. The van der Waals surface area contributed by atoms with Crippen LogP contribution in [0.5, 0.6) is 0 Å². The van der Waals surface area contributed by atoms with Gasteiger partial charge in [-0.3, -0.25) is 4.79 Å². The molecule has 3 N–H and O–H groups in total. The van der Waals surface area contributed by atoms with Gasteiger partial charge in [0.05, 0.1) is 12.2 Å². The molecule has 0 amide bonds. The van der Waals surface area contributed by atoms with Crippen LogP contribution in [-0.2, 0) is 19.1 Å². The summed E-state index contributed by atoms with van der Waals surface area (Å²) in [6.45, 7) is 13.8. The second-order valence-electron chi connectivity index (χ2n) is 14.9. The third kappa shape index (κ3) is 5.63. The predicted molar refractivity (Wildman–Crippen MR) is 149 cm³/mol. The third-order valence-corrected chi connectivity index (χ3v) is 11.6. The molecule has 0 radical (unpaired) electrons. The SMILES string of the molecule is CC(Cl)OC(=O)[C@@]1(O)CC[C@@]2(C)[C@H](C[C@@H](O)[C@@H]3[C@@H]2C[C@H](O)[C@]2(C)[C@@H]([C@H](C)CCC(=O)OC(C)(C)C)CC[C@@H]32)C1. The highest BCUT2D eigenvalue weighted by molar-refractivity contribution is 6.20. The minimum atomic E-state index is -1.59. The van der Waals surface area contributed by atoms with Crippen molar-refractivity contribution in [2.45, 2.75) is 135 Å². The Morgan fingerprint density at radius 2 is 1.72 bits per heavy atom. The van der Waals surface area contributed by atoms with Crippen LogP contribution in [-0.4, -0.2) is 56.2 Å². The molecule has 0 spiro atoms. The summed E-state index contributed by atoms with van der Waals surface area (Å²) in [5, 5.41) is 34.6. The molecule has 0 aromatic carbocycles. The highest BCUT2D eigenvalue weighted by Crippen LogP contribution is 2.69. The molecule has 8 heteroatoms. The number of esters is 2. The zero-order valence-corrected chi connectivity index (χ0v) is 25.7. The van der Waals surface area contributed by atoms with Gasteiger partial charge in [0.1, 0.15) is 5.60 Å². The number of ether oxygens (including phenoxy) is 2. The minimum Gasteiger partial charge on any atom is -0.460 e. The topological polar surface area (TPSA) is 113 Å². The molecule has 1 unspecified atom stereocenters. The summed E-state index contributed by atoms with van der Waals surface area (Å²) in [5.41, 5.74) is -3.42. The van der Waals surface area contributed by atoms with Gasteiger partial charge in [0, 0.05) is 6.42 Å². The Labute approximate surface area is 239 Å². The number of aliphatic hydroxyl groups excluding tert-OH is 2. The fourth-order valence-corrected chi connectivity index (χ4v) is 9.61. The summed E-state index contributed by atoms with van der Waals surface area (Å²) in [7, 11) is 0. The Kier molecular flexibility index (Phi) is 8.56. The van der Waals surface area contributed by atoms with Crippen molar-refractivity contribution in [2.75, 3.05) is 0 Å². The van der Waals surface area contributed by atoms with Crippen LogP contribution in [0.3, 0.4) is 0 Å². The van der Waals surface area contributed by atoms with E-state index in [1.54, 1.807) is 6.92 Å². The molecular formula is C31H51ClO7. The molecule has 0 saturated heterocycles. The lowest BCUT2D eigenvalue weighted by Crippen LogP contribution is -2.64. The van der Waals surface area contributed by atoms with Crippen LogP contribution in [0, 0.1) is 46.3 Å². The van der Waals surface area contributed by atoms with Crippen molar-refractivity contribution in [3.8, 4) is 0 Å². The normalized spacial score (nSPS) is 45.4. The highest BCUT2D eigenvalue weighted by atomic mass is 35.5. The van der Waals surface area contributed by atoms with Gasteiger partial charge in [-0.05, 0) is 125 Å². The molecular weight excluding hydrogens is 520 g/mol. The Balaban J connectivity index is 1.50. The maximum absolute atomic E-state index is 12.7. The van der Waals surface area contributed by atoms with Gasteiger partial charge in [0.25, 0.3) is 0 Å². The van der Waals surface area contributed by atoms with Gasteiger partial charge in [-0.15, -0.1) is 0 Å². The van der Waals surface area contributed by atoms with Crippen LogP contribution >= 0.6 is 11.6 Å². The first-order chi connectivity index (χ1) is 17.9. The van der Waals surface area contributed by atoms with E-state index in [1.165, 1.54) is 0 Å². The van der Waals surface area contributed by atoms with Gasteiger partial charge in [-0.25, -0.2) is 4.79 Å². The molecule has 12 atom stereocenters. The van der Waals surface area contributed by atoms with Crippen LogP contribution in [0.1, 0.15) is 106 Å². The number of carbonyl (C=O) groups is 2. The van der Waals surface area contributed by atoms with E-state index >= 15 is 0 Å². The lowest BCUT2D eigenvalue weighted by Gasteiger charge is -2.64. The molecule has 7 nitrogen and oxygen atoms in total. The largest absolute Gasteiger partial charge is 0.460 e. The molecule has 39 heavy (non-hydrogen) atoms. The standard InChI is InChI=1S/C31H51ClO7/c1-17(8-11-25(35)39-28(3,4)5)20-9-10-21-26-22(15-24(34)30(20,21)7)29(6)12-13-31(37,27(36)38-18(2)32)16-19(29)14-23(26)33/h17-24,26,33-34,37H,8-16H2,1-7H3/t17-,18?,19-,20-,21+,22+,23-,24+,26+,29+,30-,31-/m1/s1. The lowest BCUT2D eigenvalue weighted by molar-refractivity contribution is -0.220. The van der Waals surface area contributed by atoms with Gasteiger partial charge >= 0.3 is 11.9 Å². The number of rotatable bonds is 6. The summed E-state index contributed by atoms with van der Waals surface area (Å²) in [4.78, 5) is 25.1. The van der Waals surface area contributed by atoms with E-state index in [0.717, 1.165) is 19.3 Å². The van der Waals surface area contributed by atoms with Gasteiger partial charge in [0.15, 0.2) is 11.2 Å². The van der Waals surface area contributed by atoms with Gasteiger partial charge in [0.2, 0.25) is 0 Å². The van der Waals surface area contributed by atoms with Crippen molar-refractivity contribution >= 4 is 23.5 Å². The van der Waals surface area contributed by atoms with Gasteiger partial charge < -0.3 is 24.8 Å². The maximum atomic E-state index is 12.7. The van der Waals surface area contributed by atoms with E-state index in [0.29, 0.717) is 32.1 Å². The number of aliphatic hydroxyl groups is 3. The Hall–Kier alpha value is -0.890. The molecule has 4 aliphatic rings. The molecule has 0 heterocycles. The van der Waals surface area contributed by atoms with Crippen molar-refractivity contribution in [1.82, 2.24) is 0 Å². The molecule has 0 aliphatic heterocycles. The number of fused-ring (bicyclic) bond motifs is 5. The molecule has 4 fully saturated rings. The number of alkyl halides is 1. The van der Waals surface area contributed by atoms with Crippen molar-refractivity contribution in [3.05, 3.63) is 0 Å². The quantitative estimate of drug-likeness (QED) is 0.297. The van der Waals surface area contributed by atoms with E-state index in [2.05, 4.69) is 20.8 Å². The van der Waals surface area contributed by atoms with Crippen LogP contribution in [0.25, 0.3) is 0 Å². The second kappa shape index (κ2) is 10.7. The fraction of sp³-hybridized carbons (Fsp3) is 0.935. The number of carbonyl (C=O) groups excluding carboxylic acids is 2. The summed E-state index contributed by atoms with van der Waals surface area (Å²) >= 11 is 5.86. The summed E-state index contributed by atoms with van der Waals surface area (Å²) in [5.74, 6) is -0.0137. The number of hydrogen-bond acceptors (Lipinski definition) is 7. The zero-order valence-electron chi connectivity index (χ0n) is 24.9. The van der Waals surface area contributed by atoms with Crippen molar-refractivity contribution in [3.63, 3.8) is 0 Å². The molecule has 0 bridgehead atoms. The van der Waals surface area contributed by atoms with E-state index < -0.39 is 34.9 Å². The van der Waals surface area contributed by atoms with Crippen molar-refractivity contribution < 1.29 is 34.4 Å². The zero-order chi connectivity index (χ0) is 29.1. The first-order valence-corrected chi connectivity index (χ1v) is 15.5. The van der Waals surface area contributed by atoms with Crippen LogP contribution in [0.2, 0.25) is 0 Å². The average molecular weight is 571 g/mol. The number of hydrogen-bond donors (Lipinski definition) is 3. The number of halogens is 1. The minimum absolute atomic E-state index is 0.0489. The molecule has 0 aromatic rings. The molecule has 4 aliphatic carbocycles. The van der Waals surface area contributed by atoms with E-state index in [1.807, 2.05) is 20.8 Å². The first-order valence-electron chi connectivity index (χ1n) is 15.1. The summed E-state index contributed by atoms with van der Waals surface area (Å²) in [6.07, 6.45) is 4.29. The molecule has 4 saturated carbocycles. The van der Waals surface area contributed by atoms with Crippen LogP contribution in [0.15, 0.2) is 0 Å². The van der Waals surface area contributed by atoms with E-state index in [4.69, 9.17) is 21.1 Å². The molecule has 0 aromatic heterocycles. The smallest absolute Gasteiger partial charge is 0.339 e. The summed E-state index contributed by atoms with van der Waals surface area (Å²) in [6, 6.07) is 0. The molecule has 224 valence electrons. The third-order valence-electron chi connectivity index (χ3n) is 11.5. The summed E-state index contributed by atoms with van der Waals surface area (Å²) < 4.78 is 10.7. The van der Waals surface area contributed by atoms with Gasteiger partial charge in [-0.1, -0.05) is 32.4 Å².